The number of hydrogen-bond acceptors (Lipinski definition) is 5. The number of fused-ring (bicyclic) bond motifs is 1. The Hall–Kier alpha value is -1.63. The fourth-order valence-corrected chi connectivity index (χ4v) is 2.58. The predicted molar refractivity (Wildman–Crippen MR) is 59.2 cm³/mol. The van der Waals surface area contributed by atoms with Crippen LogP contribution in [0.5, 0.6) is 0 Å². The maximum atomic E-state index is 11.8. The molecule has 0 aliphatic carbocycles. The lowest BCUT2D eigenvalue weighted by Crippen LogP contribution is -2.45. The molecule has 7 heteroatoms. The molecule has 3 N–H and O–H groups in total. The van der Waals surface area contributed by atoms with Crippen LogP contribution in [0.3, 0.4) is 0 Å². The van der Waals surface area contributed by atoms with Crippen molar-refractivity contribution >= 4 is 17.6 Å². The molecule has 2 fully saturated rings. The number of nitrogens with zero attached hydrogens (tertiary/aromatic N) is 3. The zero-order valence-electron chi connectivity index (χ0n) is 9.67. The zero-order valence-corrected chi connectivity index (χ0v) is 9.67. The second-order valence-electron chi connectivity index (χ2n) is 4.56. The molecule has 0 unspecified atom stereocenters. The second kappa shape index (κ2) is 4.33. The molecule has 0 aromatic rings. The van der Waals surface area contributed by atoms with E-state index < -0.39 is 0 Å². The average molecular weight is 240 g/mol. The predicted octanol–water partition coefficient (Wildman–Crippen LogP) is -1.33. The third-order valence-corrected chi connectivity index (χ3v) is 3.51. The highest BCUT2D eigenvalue weighted by Gasteiger charge is 2.48. The molecule has 2 aliphatic heterocycles. The normalized spacial score (nSPS) is 30.9. The highest BCUT2D eigenvalue weighted by Crippen LogP contribution is 2.32. The number of carbonyl (C=O) groups is 2. The Morgan fingerprint density at radius 1 is 1.47 bits per heavy atom. The lowest BCUT2D eigenvalue weighted by Gasteiger charge is -2.31. The van der Waals surface area contributed by atoms with E-state index in [1.807, 2.05) is 4.90 Å². The van der Waals surface area contributed by atoms with Crippen molar-refractivity contribution in [1.82, 2.24) is 9.80 Å². The molecule has 94 valence electrons. The van der Waals surface area contributed by atoms with Crippen LogP contribution in [0.15, 0.2) is 5.16 Å². The molecular weight excluding hydrogens is 224 g/mol. The van der Waals surface area contributed by atoms with Gasteiger partial charge in [-0.3, -0.25) is 19.4 Å². The van der Waals surface area contributed by atoms with Gasteiger partial charge in [0.25, 0.3) is 0 Å². The number of carbonyl (C=O) groups excluding carboxylic acids is 2. The third-order valence-electron chi connectivity index (χ3n) is 3.51. The highest BCUT2D eigenvalue weighted by atomic mass is 16.4. The standard InChI is InChI=1S/C10H16N4O3/c1-13-9(15)6-2-3-14(5-8(11)12-17)4-7(6)10(13)16/h6-7,17H,2-5H2,1H3,(H2,11,12)/t6-,7+/m1/s1. The van der Waals surface area contributed by atoms with Gasteiger partial charge in [-0.2, -0.15) is 0 Å². The first kappa shape index (κ1) is 11.8. The summed E-state index contributed by atoms with van der Waals surface area (Å²) in [5, 5.41) is 11.4. The summed E-state index contributed by atoms with van der Waals surface area (Å²) in [5.74, 6) is -0.537. The van der Waals surface area contributed by atoms with Crippen LogP contribution in [0.2, 0.25) is 0 Å². The fourth-order valence-electron chi connectivity index (χ4n) is 2.58. The van der Waals surface area contributed by atoms with Crippen LogP contribution in [-0.2, 0) is 9.59 Å². The molecular formula is C10H16N4O3. The number of imide groups is 1. The fraction of sp³-hybridized carbons (Fsp3) is 0.700. The SMILES string of the molecule is CN1C(=O)[C@H]2CN(CC(N)=NO)CC[C@H]2C1=O. The van der Waals surface area contributed by atoms with Crippen LogP contribution in [0.1, 0.15) is 6.42 Å². The number of nitrogens with two attached hydrogens (primary N) is 1. The topological polar surface area (TPSA) is 99.2 Å². The van der Waals surface area contributed by atoms with Gasteiger partial charge in [-0.05, 0) is 13.0 Å². The van der Waals surface area contributed by atoms with Gasteiger partial charge in [-0.15, -0.1) is 0 Å². The van der Waals surface area contributed by atoms with Gasteiger partial charge in [0.05, 0.1) is 18.4 Å². The summed E-state index contributed by atoms with van der Waals surface area (Å²) < 4.78 is 0. The smallest absolute Gasteiger partial charge is 0.234 e. The van der Waals surface area contributed by atoms with E-state index in [4.69, 9.17) is 10.9 Å². The van der Waals surface area contributed by atoms with Gasteiger partial charge >= 0.3 is 0 Å². The largest absolute Gasteiger partial charge is 0.409 e. The molecule has 0 spiro atoms. The van der Waals surface area contributed by atoms with E-state index >= 15 is 0 Å². The molecule has 2 aliphatic rings. The molecule has 2 amide bonds. The highest BCUT2D eigenvalue weighted by molar-refractivity contribution is 6.05. The summed E-state index contributed by atoms with van der Waals surface area (Å²) in [6.07, 6.45) is 0.651. The Morgan fingerprint density at radius 3 is 2.76 bits per heavy atom. The van der Waals surface area contributed by atoms with Crippen molar-refractivity contribution < 1.29 is 14.8 Å². The van der Waals surface area contributed by atoms with Gasteiger partial charge in [-0.25, -0.2) is 0 Å². The molecule has 7 nitrogen and oxygen atoms in total. The summed E-state index contributed by atoms with van der Waals surface area (Å²) in [7, 11) is 1.52. The minimum Gasteiger partial charge on any atom is -0.409 e. The Morgan fingerprint density at radius 2 is 2.12 bits per heavy atom. The van der Waals surface area contributed by atoms with E-state index in [2.05, 4.69) is 5.16 Å². The average Bonchev–Trinajstić information content (AvgIpc) is 2.54. The lowest BCUT2D eigenvalue weighted by atomic mass is 9.88. The summed E-state index contributed by atoms with van der Waals surface area (Å²) in [4.78, 5) is 26.7. The Kier molecular flexibility index (Phi) is 3.01. The van der Waals surface area contributed by atoms with Crippen molar-refractivity contribution in [2.45, 2.75) is 6.42 Å². The van der Waals surface area contributed by atoms with Crippen LogP contribution in [0.25, 0.3) is 0 Å². The number of piperidine rings is 1. The first-order valence-electron chi connectivity index (χ1n) is 5.54. The lowest BCUT2D eigenvalue weighted by molar-refractivity contribution is -0.138. The first-order chi connectivity index (χ1) is 8.04. The molecule has 0 saturated carbocycles. The van der Waals surface area contributed by atoms with Crippen molar-refractivity contribution in [3.05, 3.63) is 0 Å². The van der Waals surface area contributed by atoms with Gasteiger partial charge in [0.1, 0.15) is 0 Å². The summed E-state index contributed by atoms with van der Waals surface area (Å²) in [6, 6.07) is 0. The summed E-state index contributed by atoms with van der Waals surface area (Å²) in [6.45, 7) is 1.50. The Labute approximate surface area is 98.8 Å². The molecule has 0 aromatic carbocycles. The van der Waals surface area contributed by atoms with E-state index in [1.54, 1.807) is 0 Å². The van der Waals surface area contributed by atoms with E-state index in [-0.39, 0.29) is 29.5 Å². The first-order valence-corrected chi connectivity index (χ1v) is 5.54. The van der Waals surface area contributed by atoms with Crippen LogP contribution in [0, 0.1) is 11.8 Å². The Bertz CT molecular complexity index is 382. The maximum Gasteiger partial charge on any atom is 0.234 e. The molecule has 0 bridgehead atoms. The molecule has 2 heterocycles. The van der Waals surface area contributed by atoms with Gasteiger partial charge in [0, 0.05) is 13.6 Å². The van der Waals surface area contributed by atoms with E-state index in [0.717, 1.165) is 0 Å². The Balaban J connectivity index is 2.05. The monoisotopic (exact) mass is 240 g/mol. The molecule has 2 atom stereocenters. The van der Waals surface area contributed by atoms with E-state index in [1.165, 1.54) is 11.9 Å². The minimum absolute atomic E-state index is 0.0801. The number of oxime groups is 1. The van der Waals surface area contributed by atoms with Crippen molar-refractivity contribution in [3.8, 4) is 0 Å². The molecule has 2 saturated heterocycles. The summed E-state index contributed by atoms with van der Waals surface area (Å²) >= 11 is 0. The quantitative estimate of drug-likeness (QED) is 0.205. The van der Waals surface area contributed by atoms with Crippen molar-refractivity contribution in [2.75, 3.05) is 26.7 Å². The molecule has 2 rings (SSSR count). The van der Waals surface area contributed by atoms with Crippen LogP contribution in [-0.4, -0.2) is 59.3 Å². The van der Waals surface area contributed by atoms with Crippen LogP contribution >= 0.6 is 0 Å². The zero-order chi connectivity index (χ0) is 12.6. The van der Waals surface area contributed by atoms with Crippen molar-refractivity contribution in [2.24, 2.45) is 22.7 Å². The van der Waals surface area contributed by atoms with E-state index in [9.17, 15) is 9.59 Å². The van der Waals surface area contributed by atoms with Crippen molar-refractivity contribution in [1.29, 1.82) is 0 Å². The number of likely N-dealkylation sites (tertiary alicyclic amines) is 2. The molecule has 0 radical (unpaired) electrons. The van der Waals surface area contributed by atoms with Crippen molar-refractivity contribution in [3.63, 3.8) is 0 Å². The van der Waals surface area contributed by atoms with Gasteiger partial charge in [0.15, 0.2) is 5.84 Å². The number of rotatable bonds is 2. The van der Waals surface area contributed by atoms with Gasteiger partial charge in [0.2, 0.25) is 11.8 Å². The third kappa shape index (κ3) is 1.97. The van der Waals surface area contributed by atoms with Gasteiger partial charge in [-0.1, -0.05) is 5.16 Å². The number of amides is 2. The number of amidine groups is 1. The van der Waals surface area contributed by atoms with Crippen LogP contribution < -0.4 is 5.73 Å². The van der Waals surface area contributed by atoms with Gasteiger partial charge < -0.3 is 10.9 Å². The molecule has 17 heavy (non-hydrogen) atoms. The number of hydrogen-bond donors (Lipinski definition) is 2. The minimum atomic E-state index is -0.271. The second-order valence-corrected chi connectivity index (χ2v) is 4.56. The van der Waals surface area contributed by atoms with E-state index in [0.29, 0.717) is 26.1 Å². The van der Waals surface area contributed by atoms with Crippen LogP contribution in [0.4, 0.5) is 0 Å². The maximum absolute atomic E-state index is 11.8. The summed E-state index contributed by atoms with van der Waals surface area (Å²) in [5.41, 5.74) is 5.43. The molecule has 0 aromatic heterocycles.